The summed E-state index contributed by atoms with van der Waals surface area (Å²) in [6, 6.07) is 9.18. The van der Waals surface area contributed by atoms with Crippen molar-refractivity contribution in [1.29, 1.82) is 0 Å². The van der Waals surface area contributed by atoms with E-state index in [1.54, 1.807) is 0 Å². The second-order valence-electron chi connectivity index (χ2n) is 14.4. The second-order valence-corrected chi connectivity index (χ2v) is 16.5. The van der Waals surface area contributed by atoms with Crippen molar-refractivity contribution in [1.82, 2.24) is 0 Å². The summed E-state index contributed by atoms with van der Waals surface area (Å²) in [6.45, 7) is 9.05. The molecular weight excluding hydrogens is 814 g/mol. The monoisotopic (exact) mass is 870 g/mol. The van der Waals surface area contributed by atoms with Crippen molar-refractivity contribution >= 4 is 88.3 Å². The predicted octanol–water partition coefficient (Wildman–Crippen LogP) is 13.6. The average molecular weight is 871 g/mol. The third kappa shape index (κ3) is 8.00. The van der Waals surface area contributed by atoms with Crippen molar-refractivity contribution in [3.8, 4) is 0 Å². The van der Waals surface area contributed by atoms with Gasteiger partial charge < -0.3 is 0 Å². The zero-order valence-corrected chi connectivity index (χ0v) is 34.3. The molecular formula is C44H56I2O2. The highest BCUT2D eigenvalue weighted by atomic mass is 127. The van der Waals surface area contributed by atoms with Crippen LogP contribution in [0.3, 0.4) is 0 Å². The van der Waals surface area contributed by atoms with E-state index in [-0.39, 0.29) is 10.9 Å². The van der Waals surface area contributed by atoms with Crippen molar-refractivity contribution in [3.63, 3.8) is 0 Å². The van der Waals surface area contributed by atoms with Crippen molar-refractivity contribution < 1.29 is 0 Å². The first-order chi connectivity index (χ1) is 23.4. The molecule has 0 unspecified atom stereocenters. The lowest BCUT2D eigenvalue weighted by molar-refractivity contribution is 0.651. The molecule has 0 amide bonds. The molecule has 0 spiro atoms. The zero-order valence-electron chi connectivity index (χ0n) is 30.0. The first-order valence-electron chi connectivity index (χ1n) is 19.3. The lowest BCUT2D eigenvalue weighted by Crippen LogP contribution is -2.01. The first kappa shape index (κ1) is 37.7. The minimum atomic E-state index is 0.144. The first-order valence-corrected chi connectivity index (χ1v) is 21.5. The summed E-state index contributed by atoms with van der Waals surface area (Å²) in [4.78, 5) is 28.8. The van der Waals surface area contributed by atoms with Crippen LogP contribution in [0.5, 0.6) is 0 Å². The average Bonchev–Trinajstić information content (AvgIpc) is 3.54. The van der Waals surface area contributed by atoms with Gasteiger partial charge in [0, 0.05) is 39.5 Å². The van der Waals surface area contributed by atoms with Crippen LogP contribution in [0.15, 0.2) is 33.9 Å². The molecule has 0 atom stereocenters. The Bertz CT molecular complexity index is 1800. The van der Waals surface area contributed by atoms with E-state index >= 15 is 0 Å². The van der Waals surface area contributed by atoms with Crippen LogP contribution in [0.25, 0.3) is 43.1 Å². The van der Waals surface area contributed by atoms with Crippen LogP contribution in [0.1, 0.15) is 153 Å². The summed E-state index contributed by atoms with van der Waals surface area (Å²) in [5, 5.41) is 7.46. The molecule has 0 aliphatic heterocycles. The fourth-order valence-electron chi connectivity index (χ4n) is 7.96. The summed E-state index contributed by atoms with van der Waals surface area (Å²) in [7, 11) is 0. The van der Waals surface area contributed by atoms with Gasteiger partial charge in [-0.25, -0.2) is 0 Å². The van der Waals surface area contributed by atoms with E-state index in [4.69, 9.17) is 0 Å². The van der Waals surface area contributed by atoms with Gasteiger partial charge in [-0.2, -0.15) is 0 Å². The third-order valence-corrected chi connectivity index (χ3v) is 12.9. The largest absolute Gasteiger partial charge is 0.289 e. The van der Waals surface area contributed by atoms with Gasteiger partial charge in [0.15, 0.2) is 10.9 Å². The van der Waals surface area contributed by atoms with Gasteiger partial charge >= 0.3 is 0 Å². The Hall–Kier alpha value is -1.54. The minimum Gasteiger partial charge on any atom is -0.289 e. The highest BCUT2D eigenvalue weighted by molar-refractivity contribution is 14.1. The fraction of sp³-hybridized carbons (Fsp3) is 0.545. The highest BCUT2D eigenvalue weighted by Crippen LogP contribution is 2.42. The molecule has 0 aliphatic carbocycles. The van der Waals surface area contributed by atoms with Crippen LogP contribution in [-0.4, -0.2) is 0 Å². The van der Waals surface area contributed by atoms with E-state index in [1.165, 1.54) is 125 Å². The summed E-state index contributed by atoms with van der Waals surface area (Å²) in [5.74, 6) is 0. The number of aryl methyl sites for hydroxylation is 4. The Morgan fingerprint density at radius 3 is 0.917 bits per heavy atom. The summed E-state index contributed by atoms with van der Waals surface area (Å²) in [6.07, 6.45) is 23.9. The van der Waals surface area contributed by atoms with E-state index in [9.17, 15) is 9.59 Å². The fourth-order valence-corrected chi connectivity index (χ4v) is 10.1. The molecule has 0 saturated heterocycles. The number of hydrogen-bond acceptors (Lipinski definition) is 2. The summed E-state index contributed by atoms with van der Waals surface area (Å²) >= 11 is 4.81. The van der Waals surface area contributed by atoms with Crippen molar-refractivity contribution in [2.75, 3.05) is 0 Å². The number of rotatable bonds is 20. The molecule has 0 radical (unpaired) electrons. The van der Waals surface area contributed by atoms with E-state index in [0.29, 0.717) is 0 Å². The zero-order chi connectivity index (χ0) is 34.2. The molecule has 0 N–H and O–H groups in total. The van der Waals surface area contributed by atoms with Crippen molar-refractivity contribution in [2.24, 2.45) is 0 Å². The molecule has 0 heterocycles. The van der Waals surface area contributed by atoms with Gasteiger partial charge in [0.1, 0.15) is 0 Å². The van der Waals surface area contributed by atoms with Crippen LogP contribution < -0.4 is 10.9 Å². The summed E-state index contributed by atoms with van der Waals surface area (Å²) in [5.41, 5.74) is 5.82. The van der Waals surface area contributed by atoms with Gasteiger partial charge in [-0.1, -0.05) is 117 Å². The molecule has 258 valence electrons. The van der Waals surface area contributed by atoms with Crippen LogP contribution in [-0.2, 0) is 25.7 Å². The van der Waals surface area contributed by atoms with E-state index in [1.807, 2.05) is 0 Å². The quantitative estimate of drug-likeness (QED) is 0.0577. The molecule has 0 fully saturated rings. The molecule has 0 saturated carbocycles. The normalized spacial score (nSPS) is 12.1. The van der Waals surface area contributed by atoms with E-state index in [2.05, 4.69) is 97.1 Å². The van der Waals surface area contributed by atoms with Crippen LogP contribution in [0, 0.1) is 7.14 Å². The summed E-state index contributed by atoms with van der Waals surface area (Å²) < 4.78 is 1.93. The Morgan fingerprint density at radius 1 is 0.375 bits per heavy atom. The Morgan fingerprint density at radius 2 is 0.646 bits per heavy atom. The van der Waals surface area contributed by atoms with E-state index < -0.39 is 0 Å². The van der Waals surface area contributed by atoms with Crippen molar-refractivity contribution in [3.05, 3.63) is 74.1 Å². The Balaban J connectivity index is 1.70. The smallest absolute Gasteiger partial charge is 0.195 e. The highest BCUT2D eigenvalue weighted by Gasteiger charge is 2.26. The van der Waals surface area contributed by atoms with Gasteiger partial charge in [-0.15, -0.1) is 0 Å². The lowest BCUT2D eigenvalue weighted by Gasteiger charge is -2.12. The molecule has 48 heavy (non-hydrogen) atoms. The number of halogens is 2. The molecule has 4 heteroatoms. The van der Waals surface area contributed by atoms with Gasteiger partial charge in [-0.05, 0) is 142 Å². The molecule has 0 aliphatic rings. The maximum absolute atomic E-state index is 14.4. The Kier molecular flexibility index (Phi) is 14.2. The number of unbranched alkanes of at least 4 members (excludes halogenated alkanes) is 12. The van der Waals surface area contributed by atoms with Crippen LogP contribution >= 0.6 is 45.2 Å². The number of fused-ring (bicyclic) bond motifs is 6. The lowest BCUT2D eigenvalue weighted by atomic mass is 9.94. The molecule has 2 nitrogen and oxygen atoms in total. The Labute approximate surface area is 316 Å². The minimum absolute atomic E-state index is 0.144. The molecule has 0 bridgehead atoms. The maximum atomic E-state index is 14.4. The predicted molar refractivity (Wildman–Crippen MR) is 228 cm³/mol. The van der Waals surface area contributed by atoms with Crippen LogP contribution in [0.2, 0.25) is 0 Å². The molecule has 0 aromatic heterocycles. The number of benzene rings is 3. The third-order valence-electron chi connectivity index (χ3n) is 10.7. The van der Waals surface area contributed by atoms with Crippen LogP contribution in [0.4, 0.5) is 0 Å². The second kappa shape index (κ2) is 18.1. The van der Waals surface area contributed by atoms with Gasteiger partial charge in [0.05, 0.1) is 0 Å². The topological polar surface area (TPSA) is 34.1 Å². The van der Waals surface area contributed by atoms with Crippen molar-refractivity contribution in [2.45, 2.75) is 156 Å². The standard InChI is InChI=1S/C44H56I2O2/c1-5-9-13-17-21-29-25-33-35(27-31(29)23-19-15-11-7-3)43(47)39-37(33)41(45)40-38(42(39)46)34-26-30(22-18-14-10-6-2)32(24-20-16-12-8-4)28-36(34)44(40)48/h25-28H,5-24H2,1-4H3. The van der Waals surface area contributed by atoms with Gasteiger partial charge in [-0.3, -0.25) is 9.59 Å². The maximum Gasteiger partial charge on any atom is 0.195 e. The molecule has 5 rings (SSSR count). The molecule has 5 aromatic rings. The van der Waals surface area contributed by atoms with Gasteiger partial charge in [0.25, 0.3) is 0 Å². The SMILES string of the molecule is CCCCCCc1cc2c(=O)c3c(I)c4c(c(I)c3c2cc1CCCCCC)c(=O)c1cc(CCCCCC)c(CCCCCC)cc14. The van der Waals surface area contributed by atoms with Gasteiger partial charge in [0.2, 0.25) is 0 Å². The molecule has 5 aromatic carbocycles. The van der Waals surface area contributed by atoms with E-state index in [0.717, 1.165) is 75.9 Å². The number of hydrogen-bond donors (Lipinski definition) is 0.